The monoisotopic (exact) mass is 225 g/mol. The number of hydrogen-bond acceptors (Lipinski definition) is 3. The summed E-state index contributed by atoms with van der Waals surface area (Å²) in [6.45, 7) is 6.42. The summed E-state index contributed by atoms with van der Waals surface area (Å²) in [6.07, 6.45) is 4.59. The first kappa shape index (κ1) is 12.7. The van der Waals surface area contributed by atoms with Crippen molar-refractivity contribution in [1.29, 1.82) is 0 Å². The first-order chi connectivity index (χ1) is 7.60. The van der Waals surface area contributed by atoms with Crippen molar-refractivity contribution in [2.45, 2.75) is 39.3 Å². The number of nitrogens with one attached hydrogen (secondary N) is 1. The third-order valence-electron chi connectivity index (χ3n) is 2.65. The molecule has 0 radical (unpaired) electrons. The van der Waals surface area contributed by atoms with Crippen molar-refractivity contribution in [1.82, 2.24) is 15.1 Å². The fourth-order valence-corrected chi connectivity index (χ4v) is 1.62. The fourth-order valence-electron chi connectivity index (χ4n) is 1.62. The standard InChI is InChI=1S/C11H19N3O2/c1-4-9-6-13-14(7-9)8(3)10(11(15)16)12-5-2/h6-8,10,12H,4-5H2,1-3H3,(H,15,16). The van der Waals surface area contributed by atoms with E-state index in [1.807, 2.05) is 27.0 Å². The molecule has 0 fully saturated rings. The third-order valence-corrected chi connectivity index (χ3v) is 2.65. The van der Waals surface area contributed by atoms with Crippen LogP contribution in [0.1, 0.15) is 32.4 Å². The molecule has 0 bridgehead atoms. The van der Waals surface area contributed by atoms with E-state index in [2.05, 4.69) is 10.4 Å². The third kappa shape index (κ3) is 2.82. The van der Waals surface area contributed by atoms with Crippen molar-refractivity contribution in [2.24, 2.45) is 0 Å². The molecule has 0 aliphatic carbocycles. The van der Waals surface area contributed by atoms with Gasteiger partial charge in [0.25, 0.3) is 0 Å². The number of rotatable bonds is 6. The van der Waals surface area contributed by atoms with Gasteiger partial charge in [0.2, 0.25) is 0 Å². The summed E-state index contributed by atoms with van der Waals surface area (Å²) in [5.74, 6) is -0.845. The van der Waals surface area contributed by atoms with Gasteiger partial charge in [-0.1, -0.05) is 13.8 Å². The number of nitrogens with zero attached hydrogens (tertiary/aromatic N) is 2. The Hall–Kier alpha value is -1.36. The van der Waals surface area contributed by atoms with Gasteiger partial charge in [0.15, 0.2) is 0 Å². The van der Waals surface area contributed by atoms with Crippen molar-refractivity contribution in [3.05, 3.63) is 18.0 Å². The Balaban J connectivity index is 2.80. The molecule has 16 heavy (non-hydrogen) atoms. The molecule has 1 aromatic rings. The van der Waals surface area contributed by atoms with Gasteiger partial charge in [0.05, 0.1) is 12.2 Å². The number of carboxylic acid groups (broad SMARTS) is 1. The summed E-state index contributed by atoms with van der Waals surface area (Å²) in [4.78, 5) is 11.1. The first-order valence-electron chi connectivity index (χ1n) is 5.59. The van der Waals surface area contributed by atoms with Crippen LogP contribution in [0.4, 0.5) is 0 Å². The number of aliphatic carboxylic acids is 1. The van der Waals surface area contributed by atoms with Crippen LogP contribution in [-0.2, 0) is 11.2 Å². The molecule has 2 atom stereocenters. The second-order valence-corrected chi connectivity index (χ2v) is 3.80. The number of aromatic nitrogens is 2. The van der Waals surface area contributed by atoms with Gasteiger partial charge in [0, 0.05) is 6.20 Å². The molecule has 0 saturated carbocycles. The highest BCUT2D eigenvalue weighted by atomic mass is 16.4. The number of carbonyl (C=O) groups is 1. The summed E-state index contributed by atoms with van der Waals surface area (Å²) in [5, 5.41) is 16.2. The summed E-state index contributed by atoms with van der Waals surface area (Å²) < 4.78 is 1.71. The molecule has 0 amide bonds. The molecular formula is C11H19N3O2. The highest BCUT2D eigenvalue weighted by molar-refractivity contribution is 5.74. The normalized spacial score (nSPS) is 14.7. The molecule has 5 heteroatoms. The van der Waals surface area contributed by atoms with E-state index in [9.17, 15) is 4.79 Å². The molecule has 5 nitrogen and oxygen atoms in total. The van der Waals surface area contributed by atoms with Crippen molar-refractivity contribution in [3.8, 4) is 0 Å². The van der Waals surface area contributed by atoms with Crippen LogP contribution in [0.5, 0.6) is 0 Å². The molecule has 0 aliphatic rings. The van der Waals surface area contributed by atoms with E-state index in [0.717, 1.165) is 12.0 Å². The molecule has 1 aromatic heterocycles. The van der Waals surface area contributed by atoms with E-state index in [1.165, 1.54) is 0 Å². The topological polar surface area (TPSA) is 67.2 Å². The number of carboxylic acids is 1. The molecule has 0 spiro atoms. The van der Waals surface area contributed by atoms with E-state index >= 15 is 0 Å². The van der Waals surface area contributed by atoms with Crippen LogP contribution >= 0.6 is 0 Å². The molecule has 0 aromatic carbocycles. The quantitative estimate of drug-likeness (QED) is 0.760. The summed E-state index contributed by atoms with van der Waals surface area (Å²) in [7, 11) is 0. The molecule has 90 valence electrons. The molecule has 1 rings (SSSR count). The minimum atomic E-state index is -0.845. The lowest BCUT2D eigenvalue weighted by Gasteiger charge is -2.21. The van der Waals surface area contributed by atoms with Crippen LogP contribution < -0.4 is 5.32 Å². The predicted octanol–water partition coefficient (Wildman–Crippen LogP) is 1.07. The van der Waals surface area contributed by atoms with Gasteiger partial charge < -0.3 is 10.4 Å². The summed E-state index contributed by atoms with van der Waals surface area (Å²) in [5.41, 5.74) is 1.12. The van der Waals surface area contributed by atoms with Gasteiger partial charge in [-0.25, -0.2) is 0 Å². The average molecular weight is 225 g/mol. The largest absolute Gasteiger partial charge is 0.480 e. The first-order valence-corrected chi connectivity index (χ1v) is 5.59. The summed E-state index contributed by atoms with van der Waals surface area (Å²) in [6, 6.07) is -0.799. The minimum absolute atomic E-state index is 0.197. The van der Waals surface area contributed by atoms with E-state index in [0.29, 0.717) is 6.54 Å². The molecule has 0 saturated heterocycles. The zero-order chi connectivity index (χ0) is 12.1. The van der Waals surface area contributed by atoms with Gasteiger partial charge in [0.1, 0.15) is 6.04 Å². The van der Waals surface area contributed by atoms with Crippen molar-refractivity contribution in [2.75, 3.05) is 6.54 Å². The van der Waals surface area contributed by atoms with E-state index in [4.69, 9.17) is 5.11 Å². The second-order valence-electron chi connectivity index (χ2n) is 3.80. The maximum atomic E-state index is 11.1. The minimum Gasteiger partial charge on any atom is -0.480 e. The summed E-state index contributed by atoms with van der Waals surface area (Å²) >= 11 is 0. The van der Waals surface area contributed by atoms with Gasteiger partial charge >= 0.3 is 5.97 Å². The van der Waals surface area contributed by atoms with Crippen molar-refractivity contribution < 1.29 is 9.90 Å². The predicted molar refractivity (Wildman–Crippen MR) is 61.4 cm³/mol. The average Bonchev–Trinajstić information content (AvgIpc) is 2.73. The molecule has 1 heterocycles. The Kier molecular flexibility index (Phi) is 4.49. The van der Waals surface area contributed by atoms with Crippen molar-refractivity contribution >= 4 is 5.97 Å². The lowest BCUT2D eigenvalue weighted by Crippen LogP contribution is -2.42. The van der Waals surface area contributed by atoms with Gasteiger partial charge in [-0.3, -0.25) is 9.48 Å². The molecule has 2 N–H and O–H groups in total. The zero-order valence-electron chi connectivity index (χ0n) is 9.97. The van der Waals surface area contributed by atoms with E-state index < -0.39 is 12.0 Å². The van der Waals surface area contributed by atoms with E-state index in [1.54, 1.807) is 10.9 Å². The maximum absolute atomic E-state index is 11.1. The Bertz CT molecular complexity index is 349. The number of hydrogen-bond donors (Lipinski definition) is 2. The van der Waals surface area contributed by atoms with Gasteiger partial charge in [-0.05, 0) is 25.5 Å². The van der Waals surface area contributed by atoms with Crippen LogP contribution in [0.15, 0.2) is 12.4 Å². The highest BCUT2D eigenvalue weighted by Crippen LogP contribution is 2.12. The second kappa shape index (κ2) is 5.65. The van der Waals surface area contributed by atoms with Gasteiger partial charge in [-0.2, -0.15) is 5.10 Å². The fraction of sp³-hybridized carbons (Fsp3) is 0.636. The van der Waals surface area contributed by atoms with Crippen LogP contribution in [0.2, 0.25) is 0 Å². The Morgan fingerprint density at radius 3 is 2.75 bits per heavy atom. The lowest BCUT2D eigenvalue weighted by molar-refractivity contribution is -0.140. The number of likely N-dealkylation sites (N-methyl/N-ethyl adjacent to an activating group) is 1. The molecular weight excluding hydrogens is 206 g/mol. The smallest absolute Gasteiger partial charge is 0.322 e. The van der Waals surface area contributed by atoms with Crippen molar-refractivity contribution in [3.63, 3.8) is 0 Å². The SMILES string of the molecule is CCNC(C(=O)O)C(C)n1cc(CC)cn1. The van der Waals surface area contributed by atoms with Crippen LogP contribution in [0, 0.1) is 0 Å². The number of aryl methyl sites for hydroxylation is 1. The zero-order valence-corrected chi connectivity index (χ0v) is 9.97. The van der Waals surface area contributed by atoms with Crippen LogP contribution in [-0.4, -0.2) is 33.4 Å². The van der Waals surface area contributed by atoms with Gasteiger partial charge in [-0.15, -0.1) is 0 Å². The highest BCUT2D eigenvalue weighted by Gasteiger charge is 2.25. The lowest BCUT2D eigenvalue weighted by atomic mass is 10.1. The Labute approximate surface area is 95.5 Å². The maximum Gasteiger partial charge on any atom is 0.322 e. The molecule has 2 unspecified atom stereocenters. The Morgan fingerprint density at radius 2 is 2.31 bits per heavy atom. The Morgan fingerprint density at radius 1 is 1.62 bits per heavy atom. The van der Waals surface area contributed by atoms with Crippen LogP contribution in [0.25, 0.3) is 0 Å². The van der Waals surface area contributed by atoms with E-state index in [-0.39, 0.29) is 6.04 Å². The van der Waals surface area contributed by atoms with Crippen LogP contribution in [0.3, 0.4) is 0 Å². The molecule has 0 aliphatic heterocycles.